The first-order valence-electron chi connectivity index (χ1n) is 5.67. The van der Waals surface area contributed by atoms with E-state index in [1.165, 1.54) is 4.90 Å². The van der Waals surface area contributed by atoms with Crippen LogP contribution in [0.4, 0.5) is 0 Å². The van der Waals surface area contributed by atoms with Gasteiger partial charge in [-0.05, 0) is 13.8 Å². The molecule has 0 bridgehead atoms. The van der Waals surface area contributed by atoms with Gasteiger partial charge in [-0.1, -0.05) is 0 Å². The largest absolute Gasteiger partial charge is 0.466 e. The van der Waals surface area contributed by atoms with Gasteiger partial charge >= 0.3 is 5.97 Å². The fourth-order valence-corrected chi connectivity index (χ4v) is 1.02. The molecule has 0 atom stereocenters. The van der Waals surface area contributed by atoms with Crippen LogP contribution in [0, 0.1) is 0 Å². The summed E-state index contributed by atoms with van der Waals surface area (Å²) in [6.45, 7) is 4.42. The monoisotopic (exact) mass is 244 g/mol. The molecule has 0 heterocycles. The molecule has 0 unspecified atom stereocenters. The van der Waals surface area contributed by atoms with Crippen molar-refractivity contribution in [2.45, 2.75) is 26.7 Å². The third-order valence-electron chi connectivity index (χ3n) is 2.20. The number of carbonyl (C=O) groups is 3. The Labute approximate surface area is 101 Å². The van der Waals surface area contributed by atoms with Crippen LogP contribution >= 0.6 is 0 Å². The average Bonchev–Trinajstić information content (AvgIpc) is 2.32. The number of rotatable bonds is 7. The number of likely N-dealkylation sites (N-methyl/N-ethyl adjacent to an activating group) is 1. The highest BCUT2D eigenvalue weighted by atomic mass is 16.5. The molecule has 0 rings (SSSR count). The first-order valence-corrected chi connectivity index (χ1v) is 5.67. The van der Waals surface area contributed by atoms with E-state index in [9.17, 15) is 14.4 Å². The number of hydrogen-bond acceptors (Lipinski definition) is 4. The van der Waals surface area contributed by atoms with Crippen molar-refractivity contribution in [3.8, 4) is 0 Å². The number of esters is 1. The van der Waals surface area contributed by atoms with Crippen LogP contribution in [0.5, 0.6) is 0 Å². The fraction of sp³-hybridized carbons (Fsp3) is 0.727. The minimum atomic E-state index is -0.403. The second-order valence-electron chi connectivity index (χ2n) is 3.49. The van der Waals surface area contributed by atoms with E-state index >= 15 is 0 Å². The van der Waals surface area contributed by atoms with Gasteiger partial charge in [-0.25, -0.2) is 0 Å². The Morgan fingerprint density at radius 2 is 1.82 bits per heavy atom. The maximum Gasteiger partial charge on any atom is 0.306 e. The number of hydrogen-bond donors (Lipinski definition) is 1. The summed E-state index contributed by atoms with van der Waals surface area (Å²) in [5.41, 5.74) is 0. The van der Waals surface area contributed by atoms with Gasteiger partial charge in [0.25, 0.3) is 0 Å². The molecule has 1 N–H and O–H groups in total. The third-order valence-corrected chi connectivity index (χ3v) is 2.20. The van der Waals surface area contributed by atoms with Gasteiger partial charge in [0.15, 0.2) is 0 Å². The summed E-state index contributed by atoms with van der Waals surface area (Å²) in [6.07, 6.45) is 0.0828. The first kappa shape index (κ1) is 15.4. The van der Waals surface area contributed by atoms with Gasteiger partial charge in [-0.3, -0.25) is 14.4 Å². The average molecular weight is 244 g/mol. The lowest BCUT2D eigenvalue weighted by atomic mass is 10.3. The molecule has 0 aliphatic rings. The molecule has 6 nitrogen and oxygen atoms in total. The molecular weight excluding hydrogens is 224 g/mol. The molecular formula is C11H20N2O4. The molecule has 98 valence electrons. The lowest BCUT2D eigenvalue weighted by Crippen LogP contribution is -2.38. The minimum Gasteiger partial charge on any atom is -0.466 e. The summed E-state index contributed by atoms with van der Waals surface area (Å²) >= 11 is 0. The lowest BCUT2D eigenvalue weighted by molar-refractivity contribution is -0.144. The van der Waals surface area contributed by atoms with Crippen LogP contribution in [-0.2, 0) is 19.1 Å². The highest BCUT2D eigenvalue weighted by molar-refractivity contribution is 5.86. The van der Waals surface area contributed by atoms with Gasteiger partial charge in [0.05, 0.1) is 19.6 Å². The predicted octanol–water partition coefficient (Wildman–Crippen LogP) is -0.0758. The summed E-state index contributed by atoms with van der Waals surface area (Å²) in [7, 11) is 1.66. The lowest BCUT2D eigenvalue weighted by Gasteiger charge is -2.14. The maximum atomic E-state index is 11.3. The zero-order valence-corrected chi connectivity index (χ0v) is 10.6. The number of ether oxygens (including phenoxy) is 1. The number of carbonyl (C=O) groups excluding carboxylic acids is 3. The third kappa shape index (κ3) is 7.32. The Bertz CT molecular complexity index is 279. The quantitative estimate of drug-likeness (QED) is 0.636. The van der Waals surface area contributed by atoms with Gasteiger partial charge in [-0.15, -0.1) is 0 Å². The van der Waals surface area contributed by atoms with E-state index in [0.717, 1.165) is 0 Å². The standard InChI is InChI=1S/C11H20N2O4/c1-4-13(3)10(15)8-12-9(14)6-7-11(16)17-5-2/h4-8H2,1-3H3,(H,12,14). The molecule has 0 saturated heterocycles. The second kappa shape index (κ2) is 8.55. The van der Waals surface area contributed by atoms with Gasteiger partial charge in [-0.2, -0.15) is 0 Å². The van der Waals surface area contributed by atoms with Crippen LogP contribution in [0.1, 0.15) is 26.7 Å². The van der Waals surface area contributed by atoms with Gasteiger partial charge in [0, 0.05) is 20.0 Å². The van der Waals surface area contributed by atoms with E-state index in [1.54, 1.807) is 14.0 Å². The molecule has 0 aliphatic heterocycles. The van der Waals surface area contributed by atoms with Gasteiger partial charge in [0.2, 0.25) is 11.8 Å². The van der Waals surface area contributed by atoms with Crippen molar-refractivity contribution in [1.29, 1.82) is 0 Å². The topological polar surface area (TPSA) is 75.7 Å². The Kier molecular flexibility index (Phi) is 7.75. The van der Waals surface area contributed by atoms with Crippen LogP contribution in [0.15, 0.2) is 0 Å². The zero-order valence-electron chi connectivity index (χ0n) is 10.6. The molecule has 17 heavy (non-hydrogen) atoms. The summed E-state index contributed by atoms with van der Waals surface area (Å²) in [5, 5.41) is 2.46. The van der Waals surface area contributed by atoms with Crippen molar-refractivity contribution in [3.63, 3.8) is 0 Å². The summed E-state index contributed by atoms with van der Waals surface area (Å²) in [4.78, 5) is 35.1. The number of nitrogens with one attached hydrogen (secondary N) is 1. The summed E-state index contributed by atoms with van der Waals surface area (Å²) in [5.74, 6) is -0.882. The van der Waals surface area contributed by atoms with Crippen molar-refractivity contribution in [2.24, 2.45) is 0 Å². The van der Waals surface area contributed by atoms with Crippen molar-refractivity contribution in [1.82, 2.24) is 10.2 Å². The van der Waals surface area contributed by atoms with Crippen LogP contribution < -0.4 is 5.32 Å². The van der Waals surface area contributed by atoms with Crippen LogP contribution in [-0.4, -0.2) is 49.4 Å². The normalized spacial score (nSPS) is 9.59. The van der Waals surface area contributed by atoms with Gasteiger partial charge < -0.3 is 15.0 Å². The van der Waals surface area contributed by atoms with E-state index < -0.39 is 5.97 Å². The Hall–Kier alpha value is -1.59. The highest BCUT2D eigenvalue weighted by Gasteiger charge is 2.10. The molecule has 0 radical (unpaired) electrons. The van der Waals surface area contributed by atoms with Gasteiger partial charge in [0.1, 0.15) is 0 Å². The molecule has 0 aromatic heterocycles. The van der Waals surface area contributed by atoms with Crippen LogP contribution in [0.25, 0.3) is 0 Å². The number of nitrogens with zero attached hydrogens (tertiary/aromatic N) is 1. The Morgan fingerprint density at radius 3 is 2.35 bits per heavy atom. The fourth-order valence-electron chi connectivity index (χ4n) is 1.02. The zero-order chi connectivity index (χ0) is 13.3. The Balaban J connectivity index is 3.73. The molecule has 0 fully saturated rings. The van der Waals surface area contributed by atoms with E-state index in [1.807, 2.05) is 6.92 Å². The minimum absolute atomic E-state index is 0.0357. The first-order chi connectivity index (χ1) is 8.01. The number of amides is 2. The highest BCUT2D eigenvalue weighted by Crippen LogP contribution is 1.93. The second-order valence-corrected chi connectivity index (χ2v) is 3.49. The van der Waals surface area contributed by atoms with E-state index in [4.69, 9.17) is 0 Å². The molecule has 0 aromatic carbocycles. The molecule has 2 amide bonds. The summed E-state index contributed by atoms with van der Waals surface area (Å²) < 4.78 is 4.68. The summed E-state index contributed by atoms with van der Waals surface area (Å²) in [6, 6.07) is 0. The SMILES string of the molecule is CCOC(=O)CCC(=O)NCC(=O)N(C)CC. The van der Waals surface area contributed by atoms with Crippen molar-refractivity contribution in [3.05, 3.63) is 0 Å². The molecule has 6 heteroatoms. The van der Waals surface area contributed by atoms with Crippen molar-refractivity contribution in [2.75, 3.05) is 26.7 Å². The van der Waals surface area contributed by atoms with E-state index in [-0.39, 0.29) is 31.2 Å². The molecule has 0 aliphatic carbocycles. The van der Waals surface area contributed by atoms with Crippen LogP contribution in [0.2, 0.25) is 0 Å². The van der Waals surface area contributed by atoms with Crippen molar-refractivity contribution < 1.29 is 19.1 Å². The molecule has 0 saturated carbocycles. The smallest absolute Gasteiger partial charge is 0.306 e. The van der Waals surface area contributed by atoms with Crippen molar-refractivity contribution >= 4 is 17.8 Å². The van der Waals surface area contributed by atoms with Crippen LogP contribution in [0.3, 0.4) is 0 Å². The molecule has 0 spiro atoms. The Morgan fingerprint density at radius 1 is 1.18 bits per heavy atom. The predicted molar refractivity (Wildman–Crippen MR) is 62.2 cm³/mol. The van der Waals surface area contributed by atoms with E-state index in [2.05, 4.69) is 10.1 Å². The molecule has 0 aromatic rings. The maximum absolute atomic E-state index is 11.3. The van der Waals surface area contributed by atoms with E-state index in [0.29, 0.717) is 13.2 Å².